The van der Waals surface area contributed by atoms with Crippen molar-refractivity contribution >= 4 is 17.7 Å². The summed E-state index contributed by atoms with van der Waals surface area (Å²) in [4.78, 5) is 12.4. The Balaban J connectivity index is 2.16. The zero-order valence-electron chi connectivity index (χ0n) is 10.3. The lowest BCUT2D eigenvalue weighted by molar-refractivity contribution is -0.146. The number of carboxylic acids is 1. The first-order chi connectivity index (χ1) is 7.99. The fourth-order valence-electron chi connectivity index (χ4n) is 1.68. The number of carbonyl (C=O) groups is 1. The summed E-state index contributed by atoms with van der Waals surface area (Å²) in [6.45, 7) is 3.57. The number of hydrogen-bond donors (Lipinski definition) is 1. The van der Waals surface area contributed by atoms with Gasteiger partial charge in [0, 0.05) is 10.1 Å². The Morgan fingerprint density at radius 2 is 2.06 bits per heavy atom. The molecule has 0 bridgehead atoms. The highest BCUT2D eigenvalue weighted by Crippen LogP contribution is 2.41. The topological polar surface area (TPSA) is 37.3 Å². The quantitative estimate of drug-likeness (QED) is 0.867. The summed E-state index contributed by atoms with van der Waals surface area (Å²) in [6.07, 6.45) is 3.18. The molecule has 0 amide bonds. The van der Waals surface area contributed by atoms with Crippen molar-refractivity contribution in [3.05, 3.63) is 29.8 Å². The number of hydrogen-bond acceptors (Lipinski definition) is 2. The van der Waals surface area contributed by atoms with Crippen molar-refractivity contribution in [1.29, 1.82) is 0 Å². The lowest BCUT2D eigenvalue weighted by atomic mass is 9.86. The van der Waals surface area contributed by atoms with E-state index < -0.39 is 11.4 Å². The molecular weight excluding hydrogens is 232 g/mol. The molecule has 2 nitrogen and oxygen atoms in total. The third-order valence-corrected chi connectivity index (χ3v) is 4.46. The second-order valence-corrected chi connectivity index (χ2v) is 6.63. The van der Waals surface area contributed by atoms with E-state index in [1.807, 2.05) is 23.9 Å². The smallest absolute Gasteiger partial charge is 0.309 e. The van der Waals surface area contributed by atoms with Crippen LogP contribution in [0.5, 0.6) is 0 Å². The van der Waals surface area contributed by atoms with Crippen molar-refractivity contribution in [1.82, 2.24) is 0 Å². The summed E-state index contributed by atoms with van der Waals surface area (Å²) < 4.78 is 0. The first-order valence-electron chi connectivity index (χ1n) is 5.97. The van der Waals surface area contributed by atoms with Gasteiger partial charge in [-0.25, -0.2) is 0 Å². The van der Waals surface area contributed by atoms with Gasteiger partial charge in [-0.15, -0.1) is 11.8 Å². The molecule has 0 saturated heterocycles. The summed E-state index contributed by atoms with van der Waals surface area (Å²) in [5.41, 5.74) is 0.469. The van der Waals surface area contributed by atoms with Crippen LogP contribution in [-0.2, 0) is 11.2 Å². The Bertz CT molecular complexity index is 422. The van der Waals surface area contributed by atoms with Crippen LogP contribution in [0.3, 0.4) is 0 Å². The highest BCUT2D eigenvalue weighted by molar-refractivity contribution is 8.00. The van der Waals surface area contributed by atoms with Gasteiger partial charge in [-0.2, -0.15) is 0 Å². The fraction of sp³-hybridized carbons (Fsp3) is 0.500. The predicted molar refractivity (Wildman–Crippen MR) is 70.4 cm³/mol. The fourth-order valence-corrected chi connectivity index (χ4v) is 2.86. The van der Waals surface area contributed by atoms with E-state index in [1.54, 1.807) is 13.8 Å². The molecule has 0 aliphatic heterocycles. The van der Waals surface area contributed by atoms with Crippen molar-refractivity contribution < 1.29 is 9.90 Å². The van der Waals surface area contributed by atoms with Crippen molar-refractivity contribution in [2.45, 2.75) is 43.3 Å². The normalized spacial score (nSPS) is 15.9. The van der Waals surface area contributed by atoms with Crippen LogP contribution in [-0.4, -0.2) is 16.3 Å². The standard InChI is InChI=1S/C14H18O2S/c1-14(2,13(15)16)9-10-5-3-4-6-12(10)17-11-7-8-11/h3-6,11H,7-9H2,1-2H3,(H,15,16). The average molecular weight is 250 g/mol. The average Bonchev–Trinajstić information content (AvgIpc) is 3.04. The van der Waals surface area contributed by atoms with E-state index in [0.29, 0.717) is 6.42 Å². The van der Waals surface area contributed by atoms with E-state index in [0.717, 1.165) is 10.8 Å². The van der Waals surface area contributed by atoms with Crippen molar-refractivity contribution in [2.75, 3.05) is 0 Å². The second kappa shape index (κ2) is 4.73. The summed E-state index contributed by atoms with van der Waals surface area (Å²) in [6, 6.07) is 8.18. The number of benzene rings is 1. The van der Waals surface area contributed by atoms with Crippen molar-refractivity contribution in [2.24, 2.45) is 5.41 Å². The molecule has 3 heteroatoms. The zero-order valence-corrected chi connectivity index (χ0v) is 11.1. The third kappa shape index (κ3) is 3.25. The first-order valence-corrected chi connectivity index (χ1v) is 6.85. The van der Waals surface area contributed by atoms with E-state index in [9.17, 15) is 9.90 Å². The van der Waals surface area contributed by atoms with Crippen molar-refractivity contribution in [3.63, 3.8) is 0 Å². The molecule has 1 fully saturated rings. The largest absolute Gasteiger partial charge is 0.481 e. The van der Waals surface area contributed by atoms with Crippen LogP contribution in [0.2, 0.25) is 0 Å². The Morgan fingerprint density at radius 1 is 1.41 bits per heavy atom. The number of thioether (sulfide) groups is 1. The molecule has 1 aliphatic rings. The van der Waals surface area contributed by atoms with Gasteiger partial charge in [-0.3, -0.25) is 4.79 Å². The van der Waals surface area contributed by atoms with Gasteiger partial charge >= 0.3 is 5.97 Å². The van der Waals surface area contributed by atoms with Gasteiger partial charge in [0.05, 0.1) is 5.41 Å². The van der Waals surface area contributed by atoms with Gasteiger partial charge in [-0.1, -0.05) is 18.2 Å². The monoisotopic (exact) mass is 250 g/mol. The molecule has 92 valence electrons. The molecule has 0 heterocycles. The highest BCUT2D eigenvalue weighted by atomic mass is 32.2. The van der Waals surface area contributed by atoms with Gasteiger partial charge in [0.1, 0.15) is 0 Å². The molecule has 0 spiro atoms. The molecule has 1 aromatic carbocycles. The minimum atomic E-state index is -0.733. The Morgan fingerprint density at radius 3 is 2.65 bits per heavy atom. The Labute approximate surface area is 106 Å². The van der Waals surface area contributed by atoms with Crippen LogP contribution in [0, 0.1) is 5.41 Å². The van der Waals surface area contributed by atoms with Gasteiger partial charge in [-0.05, 0) is 44.7 Å². The lowest BCUT2D eigenvalue weighted by Gasteiger charge is -2.20. The maximum atomic E-state index is 11.2. The van der Waals surface area contributed by atoms with Crippen LogP contribution in [0.4, 0.5) is 0 Å². The van der Waals surface area contributed by atoms with E-state index in [4.69, 9.17) is 0 Å². The maximum Gasteiger partial charge on any atom is 0.309 e. The predicted octanol–water partition coefficient (Wildman–Crippen LogP) is 3.59. The van der Waals surface area contributed by atoms with Gasteiger partial charge < -0.3 is 5.11 Å². The van der Waals surface area contributed by atoms with Crippen LogP contribution in [0.25, 0.3) is 0 Å². The van der Waals surface area contributed by atoms with E-state index in [1.165, 1.54) is 17.7 Å². The second-order valence-electron chi connectivity index (χ2n) is 5.29. The summed E-state index contributed by atoms with van der Waals surface area (Å²) >= 11 is 1.90. The summed E-state index contributed by atoms with van der Waals surface area (Å²) in [5, 5.41) is 9.93. The molecule has 0 unspecified atom stereocenters. The highest BCUT2D eigenvalue weighted by Gasteiger charge is 2.29. The zero-order chi connectivity index (χ0) is 12.5. The molecule has 0 atom stereocenters. The Kier molecular flexibility index (Phi) is 3.48. The SMILES string of the molecule is CC(C)(Cc1ccccc1SC1CC1)C(=O)O. The lowest BCUT2D eigenvalue weighted by Crippen LogP contribution is -2.26. The van der Waals surface area contributed by atoms with E-state index >= 15 is 0 Å². The van der Waals surface area contributed by atoms with Crippen LogP contribution in [0.15, 0.2) is 29.2 Å². The van der Waals surface area contributed by atoms with Crippen LogP contribution < -0.4 is 0 Å². The van der Waals surface area contributed by atoms with Crippen LogP contribution in [0.1, 0.15) is 32.3 Å². The number of aliphatic carboxylic acids is 1. The van der Waals surface area contributed by atoms with E-state index in [2.05, 4.69) is 12.1 Å². The van der Waals surface area contributed by atoms with Crippen molar-refractivity contribution in [3.8, 4) is 0 Å². The van der Waals surface area contributed by atoms with Crippen LogP contribution >= 0.6 is 11.8 Å². The Hall–Kier alpha value is -0.960. The summed E-state index contributed by atoms with van der Waals surface area (Å²) in [5.74, 6) is -0.733. The first kappa shape index (κ1) is 12.5. The summed E-state index contributed by atoms with van der Waals surface area (Å²) in [7, 11) is 0. The molecule has 1 saturated carbocycles. The van der Waals surface area contributed by atoms with Gasteiger partial charge in [0.25, 0.3) is 0 Å². The molecule has 2 rings (SSSR count). The molecular formula is C14H18O2S. The van der Waals surface area contributed by atoms with E-state index in [-0.39, 0.29) is 0 Å². The minimum Gasteiger partial charge on any atom is -0.481 e. The minimum absolute atomic E-state index is 0.595. The van der Waals surface area contributed by atoms with Gasteiger partial charge in [0.15, 0.2) is 0 Å². The molecule has 17 heavy (non-hydrogen) atoms. The molecule has 1 aromatic rings. The maximum absolute atomic E-state index is 11.2. The molecule has 0 radical (unpaired) electrons. The number of carboxylic acid groups (broad SMARTS) is 1. The van der Waals surface area contributed by atoms with Gasteiger partial charge in [0.2, 0.25) is 0 Å². The molecule has 1 N–H and O–H groups in total. The third-order valence-electron chi connectivity index (χ3n) is 3.00. The molecule has 0 aromatic heterocycles. The number of rotatable bonds is 5. The molecule has 1 aliphatic carbocycles.